The maximum atomic E-state index is 3.36. The van der Waals surface area contributed by atoms with Gasteiger partial charge < -0.3 is 0 Å². The van der Waals surface area contributed by atoms with Crippen LogP contribution in [0.2, 0.25) is 0 Å². The Kier molecular flexibility index (Phi) is 5.19. The van der Waals surface area contributed by atoms with Crippen molar-refractivity contribution in [1.82, 2.24) is 0 Å². The normalized spacial score (nSPS) is 32.4. The minimum absolute atomic E-state index is 1.16. The standard InChI is InChI=1S/C10H18.C3H6/c1-2-6-10-8-4-3-7-9(10)5-1;1-3-2/h9-10H,1-8H2;3H,1H2,2H3. The number of allylic oxidation sites excluding steroid dienone is 1. The number of hydrogen-bond donors (Lipinski definition) is 0. The van der Waals surface area contributed by atoms with Crippen molar-refractivity contribution in [3.63, 3.8) is 0 Å². The molecule has 0 spiro atoms. The molecule has 0 bridgehead atoms. The predicted octanol–water partition coefficient (Wildman–Crippen LogP) is 4.56. The summed E-state index contributed by atoms with van der Waals surface area (Å²) < 4.78 is 0. The summed E-state index contributed by atoms with van der Waals surface area (Å²) in [5.74, 6) is 2.31. The monoisotopic (exact) mass is 180 g/mol. The van der Waals surface area contributed by atoms with Gasteiger partial charge in [0.1, 0.15) is 0 Å². The van der Waals surface area contributed by atoms with Crippen LogP contribution in [-0.2, 0) is 0 Å². The lowest BCUT2D eigenvalue weighted by atomic mass is 9.71. The number of hydrogen-bond acceptors (Lipinski definition) is 0. The average Bonchev–Trinajstić information content (AvgIpc) is 2.19. The van der Waals surface area contributed by atoms with Crippen LogP contribution in [0.4, 0.5) is 0 Å². The molecule has 2 saturated carbocycles. The fourth-order valence-corrected chi connectivity index (χ4v) is 2.86. The lowest BCUT2D eigenvalue weighted by molar-refractivity contribution is 0.171. The third-order valence-corrected chi connectivity index (χ3v) is 3.47. The first-order chi connectivity index (χ1) is 6.38. The van der Waals surface area contributed by atoms with E-state index in [9.17, 15) is 0 Å². The quantitative estimate of drug-likeness (QED) is 0.479. The Morgan fingerprint density at radius 1 is 0.846 bits per heavy atom. The molecular formula is C13H24. The minimum atomic E-state index is 1.16. The van der Waals surface area contributed by atoms with Gasteiger partial charge in [0.05, 0.1) is 0 Å². The summed E-state index contributed by atoms with van der Waals surface area (Å²) in [4.78, 5) is 0. The Morgan fingerprint density at radius 2 is 1.08 bits per heavy atom. The minimum Gasteiger partial charge on any atom is -0.103 e. The van der Waals surface area contributed by atoms with Crippen molar-refractivity contribution in [2.45, 2.75) is 58.3 Å². The van der Waals surface area contributed by atoms with Crippen LogP contribution in [0.5, 0.6) is 0 Å². The van der Waals surface area contributed by atoms with Crippen LogP contribution in [-0.4, -0.2) is 0 Å². The molecule has 0 heteroatoms. The van der Waals surface area contributed by atoms with Crippen molar-refractivity contribution in [3.8, 4) is 0 Å². The van der Waals surface area contributed by atoms with E-state index in [1.54, 1.807) is 31.8 Å². The van der Waals surface area contributed by atoms with Crippen LogP contribution in [0.25, 0.3) is 0 Å². The summed E-state index contributed by atoms with van der Waals surface area (Å²) in [5.41, 5.74) is 0. The van der Waals surface area contributed by atoms with Gasteiger partial charge in [0.25, 0.3) is 0 Å². The highest BCUT2D eigenvalue weighted by Crippen LogP contribution is 2.39. The van der Waals surface area contributed by atoms with Gasteiger partial charge in [-0.3, -0.25) is 0 Å². The number of rotatable bonds is 0. The van der Waals surface area contributed by atoms with E-state index < -0.39 is 0 Å². The van der Waals surface area contributed by atoms with E-state index in [0.717, 1.165) is 11.8 Å². The van der Waals surface area contributed by atoms with Gasteiger partial charge in [-0.1, -0.05) is 57.4 Å². The molecule has 0 nitrogen and oxygen atoms in total. The smallest absolute Gasteiger partial charge is 0.0386 e. The number of fused-ring (bicyclic) bond motifs is 1. The molecule has 0 N–H and O–H groups in total. The summed E-state index contributed by atoms with van der Waals surface area (Å²) in [6, 6.07) is 0. The van der Waals surface area contributed by atoms with Gasteiger partial charge in [0.2, 0.25) is 0 Å². The van der Waals surface area contributed by atoms with Crippen molar-refractivity contribution in [3.05, 3.63) is 12.7 Å². The molecule has 0 saturated heterocycles. The molecule has 0 atom stereocenters. The van der Waals surface area contributed by atoms with Crippen molar-refractivity contribution in [2.24, 2.45) is 11.8 Å². The van der Waals surface area contributed by atoms with Gasteiger partial charge in [-0.05, 0) is 18.8 Å². The third-order valence-electron chi connectivity index (χ3n) is 3.47. The van der Waals surface area contributed by atoms with Crippen LogP contribution < -0.4 is 0 Å². The summed E-state index contributed by atoms with van der Waals surface area (Å²) in [5, 5.41) is 0. The second kappa shape index (κ2) is 6.23. The molecule has 0 amide bonds. The summed E-state index contributed by atoms with van der Waals surface area (Å²) >= 11 is 0. The largest absolute Gasteiger partial charge is 0.103 e. The molecule has 76 valence electrons. The SMILES string of the molecule is C1CCC2CCCCC2C1.C=CC. The lowest BCUT2D eigenvalue weighted by Crippen LogP contribution is -2.22. The van der Waals surface area contributed by atoms with Gasteiger partial charge in [-0.25, -0.2) is 0 Å². The van der Waals surface area contributed by atoms with Crippen LogP contribution in [0.15, 0.2) is 12.7 Å². The van der Waals surface area contributed by atoms with Crippen LogP contribution in [0.3, 0.4) is 0 Å². The van der Waals surface area contributed by atoms with E-state index >= 15 is 0 Å². The molecule has 0 aromatic carbocycles. The van der Waals surface area contributed by atoms with E-state index in [1.165, 1.54) is 25.7 Å². The fourth-order valence-electron chi connectivity index (χ4n) is 2.86. The Labute approximate surface area is 83.4 Å². The Hall–Kier alpha value is -0.260. The first-order valence-electron chi connectivity index (χ1n) is 5.95. The van der Waals surface area contributed by atoms with Crippen molar-refractivity contribution >= 4 is 0 Å². The van der Waals surface area contributed by atoms with Crippen LogP contribution in [0, 0.1) is 11.8 Å². The van der Waals surface area contributed by atoms with E-state index in [1.807, 2.05) is 6.92 Å². The van der Waals surface area contributed by atoms with E-state index in [4.69, 9.17) is 0 Å². The van der Waals surface area contributed by atoms with Crippen LogP contribution in [0.1, 0.15) is 58.3 Å². The van der Waals surface area contributed by atoms with Gasteiger partial charge in [-0.2, -0.15) is 0 Å². The van der Waals surface area contributed by atoms with Gasteiger partial charge >= 0.3 is 0 Å². The zero-order valence-corrected chi connectivity index (χ0v) is 9.10. The molecule has 2 rings (SSSR count). The summed E-state index contributed by atoms with van der Waals surface area (Å²) in [6.07, 6.45) is 14.1. The van der Waals surface area contributed by atoms with E-state index in [2.05, 4.69) is 6.58 Å². The zero-order chi connectivity index (χ0) is 9.52. The predicted molar refractivity (Wildman–Crippen MR) is 59.8 cm³/mol. The molecule has 0 aromatic rings. The van der Waals surface area contributed by atoms with Gasteiger partial charge in [-0.15, -0.1) is 6.58 Å². The van der Waals surface area contributed by atoms with Crippen molar-refractivity contribution in [1.29, 1.82) is 0 Å². The maximum Gasteiger partial charge on any atom is -0.0386 e. The van der Waals surface area contributed by atoms with Crippen molar-refractivity contribution < 1.29 is 0 Å². The molecule has 0 aliphatic heterocycles. The second-order valence-corrected chi connectivity index (χ2v) is 4.50. The lowest BCUT2D eigenvalue weighted by Gasteiger charge is -2.35. The summed E-state index contributed by atoms with van der Waals surface area (Å²) in [6.45, 7) is 5.25. The second-order valence-electron chi connectivity index (χ2n) is 4.50. The summed E-state index contributed by atoms with van der Waals surface area (Å²) in [7, 11) is 0. The van der Waals surface area contributed by atoms with Crippen molar-refractivity contribution in [2.75, 3.05) is 0 Å². The topological polar surface area (TPSA) is 0 Å². The molecule has 2 fully saturated rings. The highest BCUT2D eigenvalue weighted by molar-refractivity contribution is 4.78. The fraction of sp³-hybridized carbons (Fsp3) is 0.846. The first kappa shape index (κ1) is 10.8. The highest BCUT2D eigenvalue weighted by Gasteiger charge is 2.26. The van der Waals surface area contributed by atoms with E-state index in [-0.39, 0.29) is 0 Å². The van der Waals surface area contributed by atoms with E-state index in [0.29, 0.717) is 0 Å². The molecule has 13 heavy (non-hydrogen) atoms. The van der Waals surface area contributed by atoms with Crippen LogP contribution >= 0.6 is 0 Å². The molecule has 2 aliphatic carbocycles. The first-order valence-corrected chi connectivity index (χ1v) is 5.95. The average molecular weight is 180 g/mol. The Morgan fingerprint density at radius 3 is 1.31 bits per heavy atom. The molecule has 2 aliphatic rings. The maximum absolute atomic E-state index is 3.36. The molecule has 0 unspecified atom stereocenters. The van der Waals surface area contributed by atoms with Gasteiger partial charge in [0.15, 0.2) is 0 Å². The molecule has 0 aromatic heterocycles. The highest BCUT2D eigenvalue weighted by atomic mass is 14.3. The van der Waals surface area contributed by atoms with Gasteiger partial charge in [0, 0.05) is 0 Å². The Bertz CT molecular complexity index is 111. The third kappa shape index (κ3) is 3.54. The molecule has 0 radical (unpaired) electrons. The molecule has 0 heterocycles. The molecular weight excluding hydrogens is 156 g/mol. The zero-order valence-electron chi connectivity index (χ0n) is 9.10. The Balaban J connectivity index is 0.000000251.